The van der Waals surface area contributed by atoms with Gasteiger partial charge in [-0.1, -0.05) is 25.0 Å². The topological polar surface area (TPSA) is 51.4 Å². The van der Waals surface area contributed by atoms with Crippen molar-refractivity contribution >= 4 is 11.7 Å². The van der Waals surface area contributed by atoms with Crippen LogP contribution in [0.1, 0.15) is 37.3 Å². The zero-order valence-corrected chi connectivity index (χ0v) is 14.0. The van der Waals surface area contributed by atoms with E-state index in [1.807, 2.05) is 17.8 Å². The maximum atomic E-state index is 12.9. The largest absolute Gasteiger partial charge is 0.326 e. The lowest BCUT2D eigenvalue weighted by Crippen LogP contribution is -3.08. The highest BCUT2D eigenvalue weighted by molar-refractivity contribution is 5.90. The predicted molar refractivity (Wildman–Crippen MR) is 90.2 cm³/mol. The minimum absolute atomic E-state index is 0.0330. The van der Waals surface area contributed by atoms with Gasteiger partial charge in [-0.15, -0.1) is 0 Å². The highest BCUT2D eigenvalue weighted by Gasteiger charge is 2.21. The normalized spacial score (nSPS) is 16.2. The van der Waals surface area contributed by atoms with Crippen LogP contribution in [0.5, 0.6) is 0 Å². The predicted octanol–water partition coefficient (Wildman–Crippen LogP) is 1.79. The SMILES string of the molecule is C[NH+](CC(=O)Nc1ccnn1C1CCCC1)Cc1ccc(F)cc1. The highest BCUT2D eigenvalue weighted by atomic mass is 19.1. The standard InChI is InChI=1S/C18H23FN4O/c1-22(12-14-6-8-15(19)9-7-14)13-18(24)21-17-10-11-20-23(17)16-4-2-3-5-16/h6-11,16H,2-5,12-13H2,1H3,(H,21,24)/p+1. The molecule has 128 valence electrons. The molecule has 0 radical (unpaired) electrons. The molecule has 0 aliphatic heterocycles. The lowest BCUT2D eigenvalue weighted by atomic mass is 10.2. The van der Waals surface area contributed by atoms with Crippen molar-refractivity contribution in [2.45, 2.75) is 38.3 Å². The van der Waals surface area contributed by atoms with E-state index in [0.29, 0.717) is 19.1 Å². The van der Waals surface area contributed by atoms with Crippen LogP contribution in [0.2, 0.25) is 0 Å². The molecule has 1 aromatic carbocycles. The molecule has 0 bridgehead atoms. The second-order valence-electron chi connectivity index (χ2n) is 6.58. The van der Waals surface area contributed by atoms with E-state index in [1.165, 1.54) is 25.0 Å². The minimum atomic E-state index is -0.241. The summed E-state index contributed by atoms with van der Waals surface area (Å²) < 4.78 is 14.9. The molecular formula is C18H24FN4O+. The van der Waals surface area contributed by atoms with Crippen molar-refractivity contribution in [2.75, 3.05) is 18.9 Å². The van der Waals surface area contributed by atoms with E-state index in [9.17, 15) is 9.18 Å². The van der Waals surface area contributed by atoms with E-state index >= 15 is 0 Å². The van der Waals surface area contributed by atoms with Crippen LogP contribution in [0.25, 0.3) is 0 Å². The van der Waals surface area contributed by atoms with Gasteiger partial charge in [0.1, 0.15) is 18.2 Å². The maximum absolute atomic E-state index is 12.9. The summed E-state index contributed by atoms with van der Waals surface area (Å²) in [6.07, 6.45) is 6.44. The molecule has 1 fully saturated rings. The third-order valence-corrected chi connectivity index (χ3v) is 4.49. The number of halogens is 1. The lowest BCUT2D eigenvalue weighted by molar-refractivity contribution is -0.885. The number of quaternary nitrogens is 1. The first-order valence-corrected chi connectivity index (χ1v) is 8.51. The first kappa shape index (κ1) is 16.6. The van der Waals surface area contributed by atoms with Crippen LogP contribution >= 0.6 is 0 Å². The summed E-state index contributed by atoms with van der Waals surface area (Å²) in [6.45, 7) is 1.03. The van der Waals surface area contributed by atoms with Crippen LogP contribution in [0.15, 0.2) is 36.5 Å². The summed E-state index contributed by atoms with van der Waals surface area (Å²) in [7, 11) is 1.96. The van der Waals surface area contributed by atoms with E-state index in [-0.39, 0.29) is 11.7 Å². The second-order valence-corrected chi connectivity index (χ2v) is 6.58. The van der Waals surface area contributed by atoms with E-state index < -0.39 is 0 Å². The van der Waals surface area contributed by atoms with Gasteiger partial charge >= 0.3 is 0 Å². The fourth-order valence-electron chi connectivity index (χ4n) is 3.33. The average Bonchev–Trinajstić information content (AvgIpc) is 3.20. The molecule has 0 spiro atoms. The number of carbonyl (C=O) groups excluding carboxylic acids is 1. The molecule has 2 N–H and O–H groups in total. The zero-order valence-electron chi connectivity index (χ0n) is 14.0. The third kappa shape index (κ3) is 4.20. The smallest absolute Gasteiger partial charge is 0.280 e. The molecule has 3 rings (SSSR count). The Morgan fingerprint density at radius 1 is 1.29 bits per heavy atom. The lowest BCUT2D eigenvalue weighted by Gasteiger charge is -2.16. The number of amides is 1. The number of benzene rings is 1. The molecule has 1 aliphatic rings. The number of nitrogens with zero attached hydrogens (tertiary/aromatic N) is 2. The molecule has 1 heterocycles. The van der Waals surface area contributed by atoms with Gasteiger partial charge < -0.3 is 10.2 Å². The van der Waals surface area contributed by atoms with Crippen LogP contribution in [0, 0.1) is 5.82 Å². The van der Waals surface area contributed by atoms with Gasteiger partial charge in [0, 0.05) is 11.6 Å². The zero-order chi connectivity index (χ0) is 16.9. The van der Waals surface area contributed by atoms with Crippen molar-refractivity contribution in [1.82, 2.24) is 9.78 Å². The molecule has 6 heteroatoms. The van der Waals surface area contributed by atoms with Gasteiger partial charge in [0.2, 0.25) is 0 Å². The van der Waals surface area contributed by atoms with Gasteiger partial charge in [-0.3, -0.25) is 4.79 Å². The van der Waals surface area contributed by atoms with Gasteiger partial charge in [0.05, 0.1) is 19.3 Å². The van der Waals surface area contributed by atoms with E-state index in [0.717, 1.165) is 29.1 Å². The van der Waals surface area contributed by atoms with Crippen molar-refractivity contribution < 1.29 is 14.1 Å². The fourth-order valence-corrected chi connectivity index (χ4v) is 3.33. The molecule has 1 saturated carbocycles. The Morgan fingerprint density at radius 2 is 2.00 bits per heavy atom. The summed E-state index contributed by atoms with van der Waals surface area (Å²) in [5.74, 6) is 0.505. The van der Waals surface area contributed by atoms with Crippen molar-refractivity contribution in [2.24, 2.45) is 0 Å². The summed E-state index contributed by atoms with van der Waals surface area (Å²) in [4.78, 5) is 13.3. The summed E-state index contributed by atoms with van der Waals surface area (Å²) in [5.41, 5.74) is 1.01. The number of aromatic nitrogens is 2. The fraction of sp³-hybridized carbons (Fsp3) is 0.444. The van der Waals surface area contributed by atoms with Crippen molar-refractivity contribution in [3.63, 3.8) is 0 Å². The summed E-state index contributed by atoms with van der Waals surface area (Å²) in [6, 6.07) is 8.66. The number of nitrogens with one attached hydrogen (secondary N) is 2. The highest BCUT2D eigenvalue weighted by Crippen LogP contribution is 2.31. The van der Waals surface area contributed by atoms with Crippen LogP contribution in [-0.2, 0) is 11.3 Å². The molecule has 1 aromatic heterocycles. The Hall–Kier alpha value is -2.21. The van der Waals surface area contributed by atoms with Gasteiger partial charge in [-0.2, -0.15) is 5.10 Å². The van der Waals surface area contributed by atoms with Gasteiger partial charge in [0.25, 0.3) is 5.91 Å². The van der Waals surface area contributed by atoms with Gasteiger partial charge in [-0.25, -0.2) is 9.07 Å². The Bertz CT molecular complexity index is 677. The third-order valence-electron chi connectivity index (χ3n) is 4.49. The number of hydrogen-bond acceptors (Lipinski definition) is 2. The number of anilines is 1. The Balaban J connectivity index is 1.53. The molecule has 1 aliphatic carbocycles. The van der Waals surface area contributed by atoms with Gasteiger partial charge in [-0.05, 0) is 25.0 Å². The number of carbonyl (C=O) groups is 1. The monoisotopic (exact) mass is 331 g/mol. The molecule has 0 saturated heterocycles. The Labute approximate surface area is 141 Å². The molecule has 1 unspecified atom stereocenters. The molecular weight excluding hydrogens is 307 g/mol. The summed E-state index contributed by atoms with van der Waals surface area (Å²) >= 11 is 0. The van der Waals surface area contributed by atoms with Crippen LogP contribution in [0.3, 0.4) is 0 Å². The molecule has 5 nitrogen and oxygen atoms in total. The van der Waals surface area contributed by atoms with Crippen molar-refractivity contribution in [3.8, 4) is 0 Å². The van der Waals surface area contributed by atoms with Crippen molar-refractivity contribution in [1.29, 1.82) is 0 Å². The quantitative estimate of drug-likeness (QED) is 0.848. The van der Waals surface area contributed by atoms with Crippen LogP contribution < -0.4 is 10.2 Å². The Kier molecular flexibility index (Phi) is 5.25. The molecule has 2 aromatic rings. The van der Waals surface area contributed by atoms with Gasteiger partial charge in [0.15, 0.2) is 6.54 Å². The van der Waals surface area contributed by atoms with E-state index in [1.54, 1.807) is 18.3 Å². The van der Waals surface area contributed by atoms with Crippen LogP contribution in [0.4, 0.5) is 10.2 Å². The second kappa shape index (κ2) is 7.57. The maximum Gasteiger partial charge on any atom is 0.280 e. The van der Waals surface area contributed by atoms with E-state index in [4.69, 9.17) is 0 Å². The minimum Gasteiger partial charge on any atom is -0.326 e. The van der Waals surface area contributed by atoms with Crippen molar-refractivity contribution in [3.05, 3.63) is 47.9 Å². The number of rotatable bonds is 6. The average molecular weight is 331 g/mol. The molecule has 24 heavy (non-hydrogen) atoms. The Morgan fingerprint density at radius 3 is 2.71 bits per heavy atom. The summed E-state index contributed by atoms with van der Waals surface area (Å²) in [5, 5.41) is 7.34. The number of hydrogen-bond donors (Lipinski definition) is 2. The molecule has 1 amide bonds. The van der Waals surface area contributed by atoms with E-state index in [2.05, 4.69) is 10.4 Å². The first-order valence-electron chi connectivity index (χ1n) is 8.51. The molecule has 1 atom stereocenters. The van der Waals surface area contributed by atoms with Crippen LogP contribution in [-0.4, -0.2) is 29.3 Å². The first-order chi connectivity index (χ1) is 11.6. The number of likely N-dealkylation sites (N-methyl/N-ethyl adjacent to an activating group) is 1.